The number of nitrogens with zero attached hydrogens (tertiary/aromatic N) is 1. The van der Waals surface area contributed by atoms with Crippen LogP contribution < -0.4 is 5.32 Å². The summed E-state index contributed by atoms with van der Waals surface area (Å²) in [5.74, 6) is 0.821. The molecule has 24 heavy (non-hydrogen) atoms. The van der Waals surface area contributed by atoms with Crippen molar-refractivity contribution >= 4 is 39.1 Å². The smallest absolute Gasteiger partial charge is 0.220 e. The highest BCUT2D eigenvalue weighted by Crippen LogP contribution is 2.28. The Kier molecular flexibility index (Phi) is 6.12. The van der Waals surface area contributed by atoms with Crippen LogP contribution in [0, 0.1) is 5.92 Å². The molecular formula is C19H25ClN2OS. The summed E-state index contributed by atoms with van der Waals surface area (Å²) < 4.78 is 1.09. The van der Waals surface area contributed by atoms with E-state index in [1.165, 1.54) is 32.1 Å². The van der Waals surface area contributed by atoms with Crippen molar-refractivity contribution in [3.63, 3.8) is 0 Å². The molecule has 1 heterocycles. The number of amides is 1. The Labute approximate surface area is 152 Å². The van der Waals surface area contributed by atoms with E-state index in [0.717, 1.165) is 26.7 Å². The maximum atomic E-state index is 12.3. The summed E-state index contributed by atoms with van der Waals surface area (Å²) in [5, 5.41) is 5.00. The van der Waals surface area contributed by atoms with Crippen LogP contribution in [0.4, 0.5) is 0 Å². The number of hydrogen-bond acceptors (Lipinski definition) is 3. The molecule has 1 amide bonds. The van der Waals surface area contributed by atoms with Gasteiger partial charge in [0.25, 0.3) is 0 Å². The number of carbonyl (C=O) groups excluding carboxylic acids is 1. The SMILES string of the molecule is CC[C@@H](NC(=O)CCc1nc2ccc(Cl)cc2s1)C1CCCCC1. The molecule has 0 bridgehead atoms. The molecule has 1 saturated carbocycles. The minimum absolute atomic E-state index is 0.157. The van der Waals surface area contributed by atoms with E-state index in [-0.39, 0.29) is 5.91 Å². The molecule has 1 aromatic heterocycles. The zero-order chi connectivity index (χ0) is 16.9. The third-order valence-corrected chi connectivity index (χ3v) is 6.28. The highest BCUT2D eigenvalue weighted by Gasteiger charge is 2.23. The quantitative estimate of drug-likeness (QED) is 0.749. The molecule has 1 aliphatic carbocycles. The van der Waals surface area contributed by atoms with Crippen molar-refractivity contribution in [3.8, 4) is 0 Å². The number of hydrogen-bond donors (Lipinski definition) is 1. The van der Waals surface area contributed by atoms with E-state index in [1.807, 2.05) is 18.2 Å². The van der Waals surface area contributed by atoms with Crippen molar-refractivity contribution in [1.29, 1.82) is 0 Å². The Hall–Kier alpha value is -1.13. The fourth-order valence-electron chi connectivity index (χ4n) is 3.64. The van der Waals surface area contributed by atoms with Gasteiger partial charge in [-0.05, 0) is 43.4 Å². The van der Waals surface area contributed by atoms with E-state index >= 15 is 0 Å². The fraction of sp³-hybridized carbons (Fsp3) is 0.579. The maximum absolute atomic E-state index is 12.3. The summed E-state index contributed by atoms with van der Waals surface area (Å²) in [6.07, 6.45) is 8.73. The molecule has 0 saturated heterocycles. The molecule has 2 aromatic rings. The highest BCUT2D eigenvalue weighted by atomic mass is 35.5. The summed E-state index contributed by atoms with van der Waals surface area (Å²) in [5.41, 5.74) is 0.966. The molecule has 3 rings (SSSR count). The normalized spacial score (nSPS) is 17.1. The van der Waals surface area contributed by atoms with Crippen LogP contribution in [0.1, 0.15) is 56.9 Å². The minimum atomic E-state index is 0.157. The van der Waals surface area contributed by atoms with E-state index in [1.54, 1.807) is 11.3 Å². The first-order valence-corrected chi connectivity index (χ1v) is 10.2. The summed E-state index contributed by atoms with van der Waals surface area (Å²) >= 11 is 7.65. The van der Waals surface area contributed by atoms with Crippen molar-refractivity contribution in [3.05, 3.63) is 28.2 Å². The third kappa shape index (κ3) is 4.48. The number of nitrogens with one attached hydrogen (secondary N) is 1. The first-order chi connectivity index (χ1) is 11.7. The van der Waals surface area contributed by atoms with Crippen molar-refractivity contribution < 1.29 is 4.79 Å². The number of carbonyl (C=O) groups is 1. The predicted molar refractivity (Wildman–Crippen MR) is 102 cm³/mol. The van der Waals surface area contributed by atoms with Crippen molar-refractivity contribution in [2.45, 2.75) is 64.3 Å². The Morgan fingerprint density at radius 3 is 2.92 bits per heavy atom. The lowest BCUT2D eigenvalue weighted by atomic mass is 9.83. The number of halogens is 1. The predicted octanol–water partition coefficient (Wildman–Crippen LogP) is 5.36. The van der Waals surface area contributed by atoms with Gasteiger partial charge in [-0.2, -0.15) is 0 Å². The van der Waals surface area contributed by atoms with Crippen molar-refractivity contribution in [2.24, 2.45) is 5.92 Å². The van der Waals surface area contributed by atoms with Crippen LogP contribution in [-0.2, 0) is 11.2 Å². The Bertz CT molecular complexity index is 694. The summed E-state index contributed by atoms with van der Waals surface area (Å²) in [6.45, 7) is 2.18. The van der Waals surface area contributed by atoms with Crippen LogP contribution in [-0.4, -0.2) is 16.9 Å². The molecule has 1 fully saturated rings. The maximum Gasteiger partial charge on any atom is 0.220 e. The van der Waals surface area contributed by atoms with Crippen LogP contribution in [0.25, 0.3) is 10.2 Å². The van der Waals surface area contributed by atoms with Crippen LogP contribution in [0.15, 0.2) is 18.2 Å². The molecule has 0 spiro atoms. The molecule has 0 aliphatic heterocycles. The van der Waals surface area contributed by atoms with Crippen LogP contribution in [0.2, 0.25) is 5.02 Å². The second-order valence-corrected chi connectivity index (χ2v) is 8.25. The van der Waals surface area contributed by atoms with Gasteiger partial charge in [0.15, 0.2) is 0 Å². The van der Waals surface area contributed by atoms with Gasteiger partial charge in [-0.1, -0.05) is 37.8 Å². The molecule has 1 aliphatic rings. The van der Waals surface area contributed by atoms with Gasteiger partial charge in [-0.25, -0.2) is 4.98 Å². The molecular weight excluding hydrogens is 340 g/mol. The molecule has 1 atom stereocenters. The lowest BCUT2D eigenvalue weighted by Crippen LogP contribution is -2.40. The zero-order valence-electron chi connectivity index (χ0n) is 14.2. The van der Waals surface area contributed by atoms with Crippen molar-refractivity contribution in [2.75, 3.05) is 0 Å². The third-order valence-electron chi connectivity index (χ3n) is 4.97. The lowest BCUT2D eigenvalue weighted by Gasteiger charge is -2.30. The van der Waals surface area contributed by atoms with E-state index in [0.29, 0.717) is 24.8 Å². The zero-order valence-corrected chi connectivity index (χ0v) is 15.8. The molecule has 0 radical (unpaired) electrons. The van der Waals surface area contributed by atoms with Crippen LogP contribution >= 0.6 is 22.9 Å². The summed E-state index contributed by atoms with van der Waals surface area (Å²) in [7, 11) is 0. The standard InChI is InChI=1S/C19H25ClN2OS/c1-2-15(13-6-4-3-5-7-13)21-18(23)10-11-19-22-16-9-8-14(20)12-17(16)24-19/h8-9,12-13,15H,2-7,10-11H2,1H3,(H,21,23)/t15-/m1/s1. The van der Waals surface area contributed by atoms with Gasteiger partial charge >= 0.3 is 0 Å². The Balaban J connectivity index is 1.53. The van der Waals surface area contributed by atoms with E-state index in [9.17, 15) is 4.79 Å². The van der Waals surface area contributed by atoms with Gasteiger partial charge in [0.1, 0.15) is 0 Å². The minimum Gasteiger partial charge on any atom is -0.353 e. The van der Waals surface area contributed by atoms with Gasteiger partial charge in [-0.3, -0.25) is 4.79 Å². The molecule has 3 nitrogen and oxygen atoms in total. The van der Waals surface area contributed by atoms with Crippen LogP contribution in [0.5, 0.6) is 0 Å². The molecule has 130 valence electrons. The Morgan fingerprint density at radius 2 is 2.17 bits per heavy atom. The average molecular weight is 365 g/mol. The lowest BCUT2D eigenvalue weighted by molar-refractivity contribution is -0.122. The van der Waals surface area contributed by atoms with E-state index in [2.05, 4.69) is 17.2 Å². The molecule has 1 aromatic carbocycles. The van der Waals surface area contributed by atoms with Crippen LogP contribution in [0.3, 0.4) is 0 Å². The van der Waals surface area contributed by atoms with Gasteiger partial charge in [0.05, 0.1) is 15.2 Å². The van der Waals surface area contributed by atoms with Crippen molar-refractivity contribution in [1.82, 2.24) is 10.3 Å². The second-order valence-electron chi connectivity index (χ2n) is 6.70. The van der Waals surface area contributed by atoms with E-state index in [4.69, 9.17) is 11.6 Å². The average Bonchev–Trinajstić information content (AvgIpc) is 3.00. The van der Waals surface area contributed by atoms with Gasteiger partial charge in [-0.15, -0.1) is 11.3 Å². The first-order valence-electron chi connectivity index (χ1n) is 9.00. The number of benzene rings is 1. The van der Waals surface area contributed by atoms with Gasteiger partial charge < -0.3 is 5.32 Å². The molecule has 5 heteroatoms. The number of aromatic nitrogens is 1. The molecule has 1 N–H and O–H groups in total. The second kappa shape index (κ2) is 8.30. The highest BCUT2D eigenvalue weighted by molar-refractivity contribution is 7.18. The number of rotatable bonds is 6. The summed E-state index contributed by atoms with van der Waals surface area (Å²) in [4.78, 5) is 16.9. The van der Waals surface area contributed by atoms with E-state index < -0.39 is 0 Å². The molecule has 0 unspecified atom stereocenters. The monoisotopic (exact) mass is 364 g/mol. The van der Waals surface area contributed by atoms with Gasteiger partial charge in [0, 0.05) is 23.9 Å². The number of thiazole rings is 1. The number of fused-ring (bicyclic) bond motifs is 1. The fourth-order valence-corrected chi connectivity index (χ4v) is 4.89. The summed E-state index contributed by atoms with van der Waals surface area (Å²) in [6, 6.07) is 6.07. The van der Waals surface area contributed by atoms with Gasteiger partial charge in [0.2, 0.25) is 5.91 Å². The Morgan fingerprint density at radius 1 is 1.38 bits per heavy atom. The number of aryl methyl sites for hydroxylation is 1. The topological polar surface area (TPSA) is 42.0 Å². The largest absolute Gasteiger partial charge is 0.353 e. The first kappa shape index (κ1) is 17.7.